The van der Waals surface area contributed by atoms with Crippen LogP contribution in [0.4, 0.5) is 13.2 Å². The molecule has 0 amide bonds. The third kappa shape index (κ3) is 5.68. The number of thioether (sulfide) groups is 1. The molecule has 0 aliphatic heterocycles. The molecule has 1 saturated carbocycles. The van der Waals surface area contributed by atoms with Crippen LogP contribution in [0.15, 0.2) is 42.5 Å². The summed E-state index contributed by atoms with van der Waals surface area (Å²) in [4.78, 5) is 12.0. The second-order valence-electron chi connectivity index (χ2n) is 5.81. The van der Waals surface area contributed by atoms with Gasteiger partial charge in [-0.2, -0.15) is 24.9 Å². The summed E-state index contributed by atoms with van der Waals surface area (Å²) in [5, 5.41) is 0.499. The Labute approximate surface area is 159 Å². The molecular formula is C19H18ClF3O2S. The second kappa shape index (κ2) is 8.82. The van der Waals surface area contributed by atoms with Gasteiger partial charge in [-0.1, -0.05) is 11.6 Å². The molecule has 1 fully saturated rings. The second-order valence-corrected chi connectivity index (χ2v) is 7.06. The number of carbonyl (C=O) groups is 1. The molecular weight excluding hydrogens is 385 g/mol. The lowest BCUT2D eigenvalue weighted by molar-refractivity contribution is -0.138. The van der Waals surface area contributed by atoms with Gasteiger partial charge < -0.3 is 4.74 Å². The summed E-state index contributed by atoms with van der Waals surface area (Å²) in [6, 6.07) is 9.69. The number of ketones is 1. The van der Waals surface area contributed by atoms with Gasteiger partial charge in [-0.3, -0.25) is 4.79 Å². The van der Waals surface area contributed by atoms with Gasteiger partial charge in [-0.05, 0) is 67.8 Å². The fourth-order valence-electron chi connectivity index (χ4n) is 2.24. The topological polar surface area (TPSA) is 26.3 Å². The highest BCUT2D eigenvalue weighted by Crippen LogP contribution is 2.40. The Morgan fingerprint density at radius 1 is 1.08 bits per heavy atom. The van der Waals surface area contributed by atoms with Gasteiger partial charge in [0.1, 0.15) is 11.5 Å². The molecule has 2 aromatic rings. The Kier molecular flexibility index (Phi) is 7.01. The van der Waals surface area contributed by atoms with Crippen molar-refractivity contribution in [1.29, 1.82) is 0 Å². The Hall–Kier alpha value is -1.66. The van der Waals surface area contributed by atoms with Crippen molar-refractivity contribution in [2.24, 2.45) is 5.92 Å². The minimum absolute atomic E-state index is 0.0204. The molecule has 0 spiro atoms. The number of hydrogen-bond acceptors (Lipinski definition) is 3. The molecule has 0 bridgehead atoms. The molecule has 0 heterocycles. The molecule has 2 nitrogen and oxygen atoms in total. The fourth-order valence-corrected chi connectivity index (χ4v) is 2.37. The van der Waals surface area contributed by atoms with E-state index in [4.69, 9.17) is 16.3 Å². The number of ether oxygens (including phenoxy) is 1. The number of benzene rings is 2. The highest BCUT2D eigenvalue weighted by atomic mass is 35.5. The minimum atomic E-state index is -4.61. The first-order valence-electron chi connectivity index (χ1n) is 7.85. The normalized spacial score (nSPS) is 13.6. The maximum Gasteiger partial charge on any atom is 0.417 e. The molecule has 1 aliphatic rings. The number of carbonyl (C=O) groups excluding carboxylic acids is 1. The summed E-state index contributed by atoms with van der Waals surface area (Å²) in [5.74, 6) is -0.342. The Morgan fingerprint density at radius 2 is 1.62 bits per heavy atom. The van der Waals surface area contributed by atoms with Crippen LogP contribution in [0, 0.1) is 5.92 Å². The number of halogens is 4. The zero-order valence-electron chi connectivity index (χ0n) is 14.3. The van der Waals surface area contributed by atoms with Gasteiger partial charge >= 0.3 is 6.18 Å². The predicted molar refractivity (Wildman–Crippen MR) is 99.5 cm³/mol. The van der Waals surface area contributed by atoms with E-state index in [1.807, 2.05) is 12.5 Å². The van der Waals surface area contributed by atoms with Crippen molar-refractivity contribution in [3.8, 4) is 11.5 Å². The van der Waals surface area contributed by atoms with Crippen LogP contribution < -0.4 is 4.74 Å². The summed E-state index contributed by atoms with van der Waals surface area (Å²) in [7, 11) is 0. The first-order valence-corrected chi connectivity index (χ1v) is 9.86. The zero-order valence-corrected chi connectivity index (χ0v) is 15.8. The van der Waals surface area contributed by atoms with Gasteiger partial charge in [0.15, 0.2) is 5.78 Å². The SMILES string of the molecule is CSC.O=C(c1ccc(Oc2ccc(Cl)cc2)cc1C(F)(F)F)C1CC1. The smallest absolute Gasteiger partial charge is 0.417 e. The molecule has 0 unspecified atom stereocenters. The molecule has 0 radical (unpaired) electrons. The average Bonchev–Trinajstić information content (AvgIpc) is 3.41. The lowest BCUT2D eigenvalue weighted by Crippen LogP contribution is -2.14. The van der Waals surface area contributed by atoms with E-state index in [0.717, 1.165) is 6.07 Å². The maximum absolute atomic E-state index is 13.2. The van der Waals surface area contributed by atoms with Gasteiger partial charge in [-0.15, -0.1) is 0 Å². The molecule has 2 aromatic carbocycles. The first-order chi connectivity index (χ1) is 12.3. The summed E-state index contributed by atoms with van der Waals surface area (Å²) in [5.41, 5.74) is -1.25. The summed E-state index contributed by atoms with van der Waals surface area (Å²) < 4.78 is 45.1. The van der Waals surface area contributed by atoms with E-state index in [1.165, 1.54) is 12.1 Å². The van der Waals surface area contributed by atoms with E-state index in [1.54, 1.807) is 36.0 Å². The minimum Gasteiger partial charge on any atom is -0.457 e. The van der Waals surface area contributed by atoms with Crippen molar-refractivity contribution >= 4 is 29.1 Å². The van der Waals surface area contributed by atoms with Crippen LogP contribution in [0.2, 0.25) is 5.02 Å². The van der Waals surface area contributed by atoms with Crippen molar-refractivity contribution in [2.45, 2.75) is 19.0 Å². The molecule has 1 aliphatic carbocycles. The van der Waals surface area contributed by atoms with Gasteiger partial charge in [0.25, 0.3) is 0 Å². The van der Waals surface area contributed by atoms with E-state index in [-0.39, 0.29) is 17.2 Å². The molecule has 0 N–H and O–H groups in total. The predicted octanol–water partition coefficient (Wildman–Crippen LogP) is 6.72. The van der Waals surface area contributed by atoms with E-state index in [2.05, 4.69) is 0 Å². The van der Waals surface area contributed by atoms with E-state index in [9.17, 15) is 18.0 Å². The maximum atomic E-state index is 13.2. The van der Waals surface area contributed by atoms with E-state index < -0.39 is 17.5 Å². The average molecular weight is 403 g/mol. The number of hydrogen-bond donors (Lipinski definition) is 0. The largest absolute Gasteiger partial charge is 0.457 e. The van der Waals surface area contributed by atoms with Gasteiger partial charge in [-0.25, -0.2) is 0 Å². The van der Waals surface area contributed by atoms with Crippen molar-refractivity contribution in [3.05, 3.63) is 58.6 Å². The molecule has 0 saturated heterocycles. The summed E-state index contributed by atoms with van der Waals surface area (Å²) >= 11 is 7.50. The standard InChI is InChI=1S/C17H12ClF3O2.C2H6S/c18-11-3-5-12(6-4-11)23-13-7-8-14(16(22)10-1-2-10)15(9-13)17(19,20)21;1-3-2/h3-10H,1-2H2;1-2H3. The molecule has 26 heavy (non-hydrogen) atoms. The highest BCUT2D eigenvalue weighted by molar-refractivity contribution is 7.97. The fraction of sp³-hybridized carbons (Fsp3) is 0.316. The lowest BCUT2D eigenvalue weighted by atomic mass is 10.00. The molecule has 7 heteroatoms. The van der Waals surface area contributed by atoms with Crippen LogP contribution in [0.5, 0.6) is 11.5 Å². The molecule has 3 rings (SSSR count). The zero-order chi connectivity index (χ0) is 19.3. The van der Waals surface area contributed by atoms with Crippen LogP contribution in [0.25, 0.3) is 0 Å². The monoisotopic (exact) mass is 402 g/mol. The lowest BCUT2D eigenvalue weighted by Gasteiger charge is -2.14. The van der Waals surface area contributed by atoms with Crippen LogP contribution in [0.3, 0.4) is 0 Å². The van der Waals surface area contributed by atoms with Crippen molar-refractivity contribution < 1.29 is 22.7 Å². The van der Waals surface area contributed by atoms with Crippen LogP contribution >= 0.6 is 23.4 Å². The molecule has 0 aromatic heterocycles. The molecule has 0 atom stereocenters. The van der Waals surface area contributed by atoms with Crippen LogP contribution in [-0.4, -0.2) is 18.3 Å². The van der Waals surface area contributed by atoms with Gasteiger partial charge in [0, 0.05) is 16.5 Å². The van der Waals surface area contributed by atoms with Crippen molar-refractivity contribution in [1.82, 2.24) is 0 Å². The van der Waals surface area contributed by atoms with Crippen LogP contribution in [0.1, 0.15) is 28.8 Å². The quantitative estimate of drug-likeness (QED) is 0.531. The van der Waals surface area contributed by atoms with Gasteiger partial charge in [0.2, 0.25) is 0 Å². The highest BCUT2D eigenvalue weighted by Gasteiger charge is 2.39. The van der Waals surface area contributed by atoms with E-state index >= 15 is 0 Å². The third-order valence-corrected chi connectivity index (χ3v) is 3.81. The number of Topliss-reactive ketones (excluding diaryl/α,β-unsaturated/α-hetero) is 1. The van der Waals surface area contributed by atoms with Crippen molar-refractivity contribution in [3.63, 3.8) is 0 Å². The van der Waals surface area contributed by atoms with Crippen LogP contribution in [-0.2, 0) is 6.18 Å². The Bertz CT molecular complexity index is 756. The van der Waals surface area contributed by atoms with Crippen molar-refractivity contribution in [2.75, 3.05) is 12.5 Å². The van der Waals surface area contributed by atoms with E-state index in [0.29, 0.717) is 23.6 Å². The first kappa shape index (κ1) is 20.6. The number of rotatable bonds is 4. The summed E-state index contributed by atoms with van der Waals surface area (Å²) in [6.07, 6.45) is 0.775. The Morgan fingerprint density at radius 3 is 2.12 bits per heavy atom. The molecule has 140 valence electrons. The Balaban J connectivity index is 0.000000758. The summed E-state index contributed by atoms with van der Waals surface area (Å²) in [6.45, 7) is 0. The number of alkyl halides is 3. The van der Waals surface area contributed by atoms with Gasteiger partial charge in [0.05, 0.1) is 5.56 Å². The third-order valence-electron chi connectivity index (χ3n) is 3.56.